The second-order valence-electron chi connectivity index (χ2n) is 7.13. The molecule has 4 heteroatoms. The average Bonchev–Trinajstić information content (AvgIpc) is 3.06. The topological polar surface area (TPSA) is 52.1 Å². The number of aromatic nitrogens is 2. The number of oxazole rings is 1. The van der Waals surface area contributed by atoms with Crippen LogP contribution in [0.1, 0.15) is 63.9 Å². The Balaban J connectivity index is 2.12. The molecule has 0 N–H and O–H groups in total. The highest BCUT2D eigenvalue weighted by molar-refractivity contribution is 5.50. The van der Waals surface area contributed by atoms with Crippen LogP contribution < -0.4 is 0 Å². The summed E-state index contributed by atoms with van der Waals surface area (Å²) < 4.78 is 10.5. The van der Waals surface area contributed by atoms with Crippen molar-refractivity contribution in [1.29, 1.82) is 0 Å². The van der Waals surface area contributed by atoms with E-state index < -0.39 is 0 Å². The third kappa shape index (κ3) is 3.56. The highest BCUT2D eigenvalue weighted by Gasteiger charge is 2.24. The summed E-state index contributed by atoms with van der Waals surface area (Å²) in [4.78, 5) is 4.42. The Morgan fingerprint density at radius 2 is 1.91 bits per heavy atom. The highest BCUT2D eigenvalue weighted by atomic mass is 16.5. The molecule has 2 aromatic heterocycles. The molecular formula is C18H24N2O2. The van der Waals surface area contributed by atoms with Crippen molar-refractivity contribution >= 4 is 12.2 Å². The van der Waals surface area contributed by atoms with Crippen LogP contribution in [-0.4, -0.2) is 10.1 Å². The van der Waals surface area contributed by atoms with Crippen LogP contribution in [0, 0.1) is 0 Å². The monoisotopic (exact) mass is 300 g/mol. The molecule has 0 amide bonds. The molecule has 0 bridgehead atoms. The molecule has 0 aliphatic heterocycles. The Labute approximate surface area is 131 Å². The largest absolute Gasteiger partial charge is 0.445 e. The molecule has 0 saturated carbocycles. The van der Waals surface area contributed by atoms with E-state index in [0.717, 1.165) is 23.4 Å². The molecule has 0 atom stereocenters. The van der Waals surface area contributed by atoms with Crippen molar-refractivity contribution in [3.05, 3.63) is 48.0 Å². The van der Waals surface area contributed by atoms with Crippen LogP contribution in [0.2, 0.25) is 0 Å². The quantitative estimate of drug-likeness (QED) is 0.781. The van der Waals surface area contributed by atoms with Gasteiger partial charge < -0.3 is 8.94 Å². The Hall–Kier alpha value is -2.10. The lowest BCUT2D eigenvalue weighted by atomic mass is 9.85. The van der Waals surface area contributed by atoms with Gasteiger partial charge in [-0.05, 0) is 24.0 Å². The maximum Gasteiger partial charge on any atom is 0.218 e. The second kappa shape index (κ2) is 5.95. The van der Waals surface area contributed by atoms with Crippen molar-refractivity contribution in [1.82, 2.24) is 10.1 Å². The summed E-state index contributed by atoms with van der Waals surface area (Å²) in [6.45, 7) is 14.4. The van der Waals surface area contributed by atoms with E-state index in [1.54, 1.807) is 18.6 Å². The fourth-order valence-electron chi connectivity index (χ4n) is 2.19. The Bertz CT molecular complexity index is 669. The van der Waals surface area contributed by atoms with Gasteiger partial charge in [0.25, 0.3) is 0 Å². The van der Waals surface area contributed by atoms with E-state index in [1.807, 2.05) is 6.08 Å². The molecule has 2 rings (SSSR count). The average molecular weight is 300 g/mol. The maximum absolute atomic E-state index is 5.34. The number of nitrogens with zero attached hydrogens (tertiary/aromatic N) is 2. The molecule has 2 aromatic rings. The summed E-state index contributed by atoms with van der Waals surface area (Å²) in [6, 6.07) is 0. The highest BCUT2D eigenvalue weighted by Crippen LogP contribution is 2.29. The third-order valence-electron chi connectivity index (χ3n) is 3.70. The molecule has 0 aromatic carbocycles. The van der Waals surface area contributed by atoms with Gasteiger partial charge in [0.2, 0.25) is 5.89 Å². The predicted octanol–water partition coefficient (Wildman–Crippen LogP) is 4.98. The van der Waals surface area contributed by atoms with Gasteiger partial charge in [0.05, 0.1) is 5.69 Å². The van der Waals surface area contributed by atoms with E-state index in [1.165, 1.54) is 0 Å². The van der Waals surface area contributed by atoms with Crippen molar-refractivity contribution in [2.24, 2.45) is 0 Å². The lowest BCUT2D eigenvalue weighted by Crippen LogP contribution is -2.16. The van der Waals surface area contributed by atoms with Gasteiger partial charge >= 0.3 is 0 Å². The smallest absolute Gasteiger partial charge is 0.218 e. The predicted molar refractivity (Wildman–Crippen MR) is 88.5 cm³/mol. The van der Waals surface area contributed by atoms with Gasteiger partial charge in [0.1, 0.15) is 18.2 Å². The summed E-state index contributed by atoms with van der Waals surface area (Å²) in [7, 11) is 0. The number of allylic oxidation sites excluding steroid dienone is 1. The van der Waals surface area contributed by atoms with Crippen LogP contribution in [0.4, 0.5) is 0 Å². The molecule has 0 spiro atoms. The fraction of sp³-hybridized carbons (Fsp3) is 0.444. The summed E-state index contributed by atoms with van der Waals surface area (Å²) in [5.74, 6) is 0.554. The summed E-state index contributed by atoms with van der Waals surface area (Å²) in [6.07, 6.45) is 9.98. The van der Waals surface area contributed by atoms with Crippen LogP contribution in [0.15, 0.2) is 34.1 Å². The Morgan fingerprint density at radius 1 is 1.18 bits per heavy atom. The van der Waals surface area contributed by atoms with E-state index in [-0.39, 0.29) is 10.8 Å². The van der Waals surface area contributed by atoms with Gasteiger partial charge in [-0.1, -0.05) is 52.4 Å². The molecule has 0 aliphatic carbocycles. The van der Waals surface area contributed by atoms with Gasteiger partial charge in [-0.15, -0.1) is 0 Å². The lowest BCUT2D eigenvalue weighted by Gasteiger charge is -2.19. The standard InChI is InChI=1S/C18H24N2O2/c1-7-16-19-15(12-21-16)18(5,6)10-8-9-14-13(11-22-20-14)17(2,3)4/h7-9,11-12H,1,10H2,2-6H3/b9-8-. The van der Waals surface area contributed by atoms with Gasteiger partial charge in [-0.3, -0.25) is 0 Å². The van der Waals surface area contributed by atoms with Crippen molar-refractivity contribution < 1.29 is 8.94 Å². The van der Waals surface area contributed by atoms with Crippen molar-refractivity contribution in [2.45, 2.75) is 51.9 Å². The van der Waals surface area contributed by atoms with E-state index in [9.17, 15) is 0 Å². The SMILES string of the molecule is C=Cc1nc(C(C)(C)C/C=C\c2nocc2C(C)(C)C)co1. The molecule has 0 radical (unpaired) electrons. The van der Waals surface area contributed by atoms with Crippen molar-refractivity contribution in [2.75, 3.05) is 0 Å². The zero-order valence-electron chi connectivity index (χ0n) is 14.0. The van der Waals surface area contributed by atoms with Gasteiger partial charge in [-0.25, -0.2) is 4.98 Å². The normalized spacial score (nSPS) is 13.0. The van der Waals surface area contributed by atoms with Crippen LogP contribution in [0.25, 0.3) is 12.2 Å². The zero-order valence-corrected chi connectivity index (χ0v) is 14.0. The van der Waals surface area contributed by atoms with Gasteiger partial charge in [0.15, 0.2) is 0 Å². The molecule has 0 aliphatic rings. The van der Waals surface area contributed by atoms with Crippen LogP contribution in [-0.2, 0) is 10.8 Å². The van der Waals surface area contributed by atoms with Crippen LogP contribution in [0.5, 0.6) is 0 Å². The first-order valence-corrected chi connectivity index (χ1v) is 7.44. The van der Waals surface area contributed by atoms with E-state index >= 15 is 0 Å². The Kier molecular flexibility index (Phi) is 4.40. The minimum atomic E-state index is -0.118. The van der Waals surface area contributed by atoms with Crippen molar-refractivity contribution in [3.8, 4) is 0 Å². The molecule has 2 heterocycles. The first-order chi connectivity index (χ1) is 10.2. The zero-order chi connectivity index (χ0) is 16.4. The van der Waals surface area contributed by atoms with Crippen LogP contribution >= 0.6 is 0 Å². The maximum atomic E-state index is 5.34. The number of hydrogen-bond donors (Lipinski definition) is 0. The number of rotatable bonds is 5. The minimum Gasteiger partial charge on any atom is -0.445 e. The first kappa shape index (κ1) is 16.3. The summed E-state index contributed by atoms with van der Waals surface area (Å²) >= 11 is 0. The molecule has 0 saturated heterocycles. The summed E-state index contributed by atoms with van der Waals surface area (Å²) in [5, 5.41) is 4.08. The number of hydrogen-bond acceptors (Lipinski definition) is 4. The molecule has 0 fully saturated rings. The summed E-state index contributed by atoms with van der Waals surface area (Å²) in [5.41, 5.74) is 2.81. The molecule has 22 heavy (non-hydrogen) atoms. The lowest BCUT2D eigenvalue weighted by molar-refractivity contribution is 0.415. The first-order valence-electron chi connectivity index (χ1n) is 7.44. The Morgan fingerprint density at radius 3 is 2.50 bits per heavy atom. The van der Waals surface area contributed by atoms with Gasteiger partial charge in [0, 0.05) is 11.0 Å². The third-order valence-corrected chi connectivity index (χ3v) is 3.70. The van der Waals surface area contributed by atoms with Gasteiger partial charge in [-0.2, -0.15) is 0 Å². The molecule has 0 unspecified atom stereocenters. The minimum absolute atomic E-state index is 0.0141. The molecular weight excluding hydrogens is 276 g/mol. The van der Waals surface area contributed by atoms with E-state index in [2.05, 4.69) is 57.4 Å². The second-order valence-corrected chi connectivity index (χ2v) is 7.13. The van der Waals surface area contributed by atoms with E-state index in [4.69, 9.17) is 8.94 Å². The fourth-order valence-corrected chi connectivity index (χ4v) is 2.19. The molecule has 118 valence electrons. The van der Waals surface area contributed by atoms with Crippen LogP contribution in [0.3, 0.4) is 0 Å². The molecule has 4 nitrogen and oxygen atoms in total. The van der Waals surface area contributed by atoms with E-state index in [0.29, 0.717) is 5.89 Å². The van der Waals surface area contributed by atoms with Crippen molar-refractivity contribution in [3.63, 3.8) is 0 Å².